The van der Waals surface area contributed by atoms with Crippen LogP contribution < -0.4 is 0 Å². The molecule has 0 radical (unpaired) electrons. The summed E-state index contributed by atoms with van der Waals surface area (Å²) in [7, 11) is 0. The molecule has 0 spiro atoms. The first-order valence-electron chi connectivity index (χ1n) is 6.40. The quantitative estimate of drug-likeness (QED) is 0.456. The van der Waals surface area contributed by atoms with Gasteiger partial charge in [0.2, 0.25) is 0 Å². The third-order valence-corrected chi connectivity index (χ3v) is 2.68. The Labute approximate surface area is 97.5 Å². The van der Waals surface area contributed by atoms with Gasteiger partial charge in [0.1, 0.15) is 0 Å². The van der Waals surface area contributed by atoms with Gasteiger partial charge in [-0.15, -0.1) is 0 Å². The lowest BCUT2D eigenvalue weighted by Crippen LogP contribution is -2.06. The van der Waals surface area contributed by atoms with Gasteiger partial charge in [0, 0.05) is 0 Å². The van der Waals surface area contributed by atoms with Crippen LogP contribution in [-0.2, 0) is 0 Å². The van der Waals surface area contributed by atoms with Crippen LogP contribution in [0.5, 0.6) is 0 Å². The van der Waals surface area contributed by atoms with Gasteiger partial charge in [-0.25, -0.2) is 0 Å². The second-order valence-corrected chi connectivity index (χ2v) is 4.04. The second-order valence-electron chi connectivity index (χ2n) is 4.04. The highest BCUT2D eigenvalue weighted by Gasteiger charge is 2.12. The van der Waals surface area contributed by atoms with Gasteiger partial charge in [-0.1, -0.05) is 71.3 Å². The van der Waals surface area contributed by atoms with Crippen molar-refractivity contribution in [3.63, 3.8) is 0 Å². The molecule has 0 amide bonds. The van der Waals surface area contributed by atoms with Gasteiger partial charge in [-0.05, 0) is 25.7 Å². The zero-order valence-electron chi connectivity index (χ0n) is 12.0. The second kappa shape index (κ2) is 10.0. The highest BCUT2D eigenvalue weighted by molar-refractivity contribution is 5.26. The third kappa shape index (κ3) is 6.54. The zero-order valence-corrected chi connectivity index (χ0v) is 12.0. The molecule has 0 saturated heterocycles. The molecule has 0 fully saturated rings. The lowest BCUT2D eigenvalue weighted by atomic mass is 9.85. The Morgan fingerprint density at radius 2 is 1.07 bits per heavy atom. The lowest BCUT2D eigenvalue weighted by molar-refractivity contribution is 0.729. The van der Waals surface area contributed by atoms with Crippen molar-refractivity contribution in [2.45, 2.75) is 61.8 Å². The first kappa shape index (κ1) is 16.9. The van der Waals surface area contributed by atoms with Crippen LogP contribution in [0.4, 0.5) is 0 Å². The van der Waals surface area contributed by atoms with Crippen LogP contribution in [0.3, 0.4) is 0 Å². The summed E-state index contributed by atoms with van der Waals surface area (Å²) >= 11 is 0. The molecule has 0 N–H and O–H groups in total. The summed E-state index contributed by atoms with van der Waals surface area (Å²) in [6.07, 6.45) is 5.85. The minimum Gasteiger partial charge on any atom is -0.0810 e. The van der Waals surface area contributed by atoms with Crippen LogP contribution in [0, 0.1) is 11.8 Å². The van der Waals surface area contributed by atoms with Crippen molar-refractivity contribution in [2.75, 3.05) is 0 Å². The molecular formula is C15H30. The largest absolute Gasteiger partial charge is 0.0810 e. The standard InChI is InChI=1S/C10H16.C3H8.C2H6/c1-7-5-6-8(2)10(4)9(7)3;1-3-2;1-2/h5-8H,1-4H3;3H2,1-2H3;1-2H3. The van der Waals surface area contributed by atoms with Gasteiger partial charge >= 0.3 is 0 Å². The van der Waals surface area contributed by atoms with E-state index in [0.29, 0.717) is 11.8 Å². The Balaban J connectivity index is 0. The average molecular weight is 210 g/mol. The fourth-order valence-corrected chi connectivity index (χ4v) is 1.34. The normalized spacial score (nSPS) is 23.7. The van der Waals surface area contributed by atoms with Gasteiger partial charge in [0.25, 0.3) is 0 Å². The van der Waals surface area contributed by atoms with E-state index >= 15 is 0 Å². The summed E-state index contributed by atoms with van der Waals surface area (Å²) in [5.41, 5.74) is 3.10. The SMILES string of the molecule is CC.CC1=C(C)C(C)C=CC1C.CCC. The maximum absolute atomic E-state index is 2.30. The van der Waals surface area contributed by atoms with Crippen molar-refractivity contribution < 1.29 is 0 Å². The molecule has 0 heterocycles. The summed E-state index contributed by atoms with van der Waals surface area (Å²) in [5, 5.41) is 0. The van der Waals surface area contributed by atoms with Crippen molar-refractivity contribution in [1.29, 1.82) is 0 Å². The van der Waals surface area contributed by atoms with E-state index in [2.05, 4.69) is 53.7 Å². The zero-order chi connectivity index (χ0) is 12.4. The van der Waals surface area contributed by atoms with Crippen molar-refractivity contribution >= 4 is 0 Å². The van der Waals surface area contributed by atoms with Crippen molar-refractivity contribution in [1.82, 2.24) is 0 Å². The van der Waals surface area contributed by atoms with E-state index in [9.17, 15) is 0 Å². The molecule has 2 atom stereocenters. The molecule has 15 heavy (non-hydrogen) atoms. The molecule has 0 saturated carbocycles. The highest BCUT2D eigenvalue weighted by Crippen LogP contribution is 2.27. The van der Waals surface area contributed by atoms with E-state index in [1.165, 1.54) is 6.42 Å². The summed E-state index contributed by atoms with van der Waals surface area (Å²) < 4.78 is 0. The van der Waals surface area contributed by atoms with Crippen molar-refractivity contribution in [3.05, 3.63) is 23.3 Å². The van der Waals surface area contributed by atoms with E-state index in [-0.39, 0.29) is 0 Å². The predicted molar refractivity (Wildman–Crippen MR) is 73.2 cm³/mol. The Bertz CT molecular complexity index is 176. The Morgan fingerprint density at radius 3 is 1.27 bits per heavy atom. The van der Waals surface area contributed by atoms with E-state index < -0.39 is 0 Å². The average Bonchev–Trinajstić information content (AvgIpc) is 2.25. The van der Waals surface area contributed by atoms with E-state index in [0.717, 1.165) is 0 Å². The van der Waals surface area contributed by atoms with E-state index in [1.54, 1.807) is 11.1 Å². The minimum absolute atomic E-state index is 0.663. The summed E-state index contributed by atoms with van der Waals surface area (Å²) in [4.78, 5) is 0. The molecule has 0 heteroatoms. The number of hydrogen-bond donors (Lipinski definition) is 0. The number of hydrogen-bond acceptors (Lipinski definition) is 0. The molecule has 90 valence electrons. The van der Waals surface area contributed by atoms with Crippen molar-refractivity contribution in [2.24, 2.45) is 11.8 Å². The monoisotopic (exact) mass is 210 g/mol. The molecule has 1 rings (SSSR count). The molecule has 0 aromatic rings. The number of allylic oxidation sites excluding steroid dienone is 4. The molecule has 1 aliphatic rings. The van der Waals surface area contributed by atoms with Gasteiger partial charge in [0.15, 0.2) is 0 Å². The lowest BCUT2D eigenvalue weighted by Gasteiger charge is -2.21. The molecule has 1 aliphatic carbocycles. The predicted octanol–water partition coefficient (Wildman–Crippen LogP) is 5.61. The van der Waals surface area contributed by atoms with Gasteiger partial charge < -0.3 is 0 Å². The van der Waals surface area contributed by atoms with Gasteiger partial charge in [-0.3, -0.25) is 0 Å². The Kier molecular flexibility index (Phi) is 11.3. The fraction of sp³-hybridized carbons (Fsp3) is 0.733. The smallest absolute Gasteiger partial charge is 0.00514 e. The van der Waals surface area contributed by atoms with E-state index in [1.807, 2.05) is 13.8 Å². The van der Waals surface area contributed by atoms with Crippen LogP contribution in [-0.4, -0.2) is 0 Å². The topological polar surface area (TPSA) is 0 Å². The Morgan fingerprint density at radius 1 is 0.867 bits per heavy atom. The van der Waals surface area contributed by atoms with E-state index in [4.69, 9.17) is 0 Å². The van der Waals surface area contributed by atoms with Crippen LogP contribution in [0.2, 0.25) is 0 Å². The maximum Gasteiger partial charge on any atom is -0.00514 e. The molecule has 0 aromatic carbocycles. The number of rotatable bonds is 0. The van der Waals surface area contributed by atoms with Crippen LogP contribution in [0.15, 0.2) is 23.3 Å². The molecule has 0 aromatic heterocycles. The van der Waals surface area contributed by atoms with Gasteiger partial charge in [-0.2, -0.15) is 0 Å². The van der Waals surface area contributed by atoms with Crippen LogP contribution in [0.1, 0.15) is 61.8 Å². The summed E-state index contributed by atoms with van der Waals surface area (Å²) in [6.45, 7) is 17.2. The molecular weight excluding hydrogens is 180 g/mol. The first-order chi connectivity index (χ1) is 7.04. The summed E-state index contributed by atoms with van der Waals surface area (Å²) in [5.74, 6) is 1.33. The third-order valence-electron chi connectivity index (χ3n) is 2.68. The Hall–Kier alpha value is -0.520. The van der Waals surface area contributed by atoms with Crippen molar-refractivity contribution in [3.8, 4) is 0 Å². The van der Waals surface area contributed by atoms with Gasteiger partial charge in [0.05, 0.1) is 0 Å². The summed E-state index contributed by atoms with van der Waals surface area (Å²) in [6, 6.07) is 0. The van der Waals surface area contributed by atoms with Crippen LogP contribution in [0.25, 0.3) is 0 Å². The van der Waals surface area contributed by atoms with Crippen LogP contribution >= 0.6 is 0 Å². The fourth-order valence-electron chi connectivity index (χ4n) is 1.34. The molecule has 0 nitrogen and oxygen atoms in total. The molecule has 0 aliphatic heterocycles. The minimum atomic E-state index is 0.663. The first-order valence-corrected chi connectivity index (χ1v) is 6.40. The molecule has 2 unspecified atom stereocenters. The maximum atomic E-state index is 2.30. The highest BCUT2D eigenvalue weighted by atomic mass is 14.2. The molecule has 0 bridgehead atoms.